The van der Waals surface area contributed by atoms with Crippen LogP contribution in [0.3, 0.4) is 0 Å². The molecule has 1 aromatic heterocycles. The van der Waals surface area contributed by atoms with Gasteiger partial charge in [-0.25, -0.2) is 13.1 Å². The highest BCUT2D eigenvalue weighted by Gasteiger charge is 2.26. The third-order valence-corrected chi connectivity index (χ3v) is 6.80. The summed E-state index contributed by atoms with van der Waals surface area (Å²) in [5, 5.41) is 2.85. The van der Waals surface area contributed by atoms with Crippen molar-refractivity contribution >= 4 is 21.6 Å². The van der Waals surface area contributed by atoms with Gasteiger partial charge in [0, 0.05) is 24.5 Å². The van der Waals surface area contributed by atoms with Gasteiger partial charge in [0.15, 0.2) is 11.5 Å². The van der Waals surface area contributed by atoms with Crippen molar-refractivity contribution in [2.45, 2.75) is 43.0 Å². The summed E-state index contributed by atoms with van der Waals surface area (Å²) in [5.74, 6) is 0.0642. The third kappa shape index (κ3) is 4.11. The minimum absolute atomic E-state index is 0.0471. The van der Waals surface area contributed by atoms with Crippen LogP contribution in [0.1, 0.15) is 48.5 Å². The Morgan fingerprint density at radius 1 is 1.14 bits per heavy atom. The maximum atomic E-state index is 13.0. The first-order valence-corrected chi connectivity index (χ1v) is 11.3. The first-order chi connectivity index (χ1) is 14.0. The molecule has 8 nitrogen and oxygen atoms in total. The van der Waals surface area contributed by atoms with Crippen LogP contribution >= 0.6 is 0 Å². The number of carbonyl (C=O) groups is 1. The van der Waals surface area contributed by atoms with Gasteiger partial charge in [-0.05, 0) is 32.0 Å². The van der Waals surface area contributed by atoms with Crippen LogP contribution < -0.4 is 19.5 Å². The molecule has 2 aromatic rings. The number of nitrogens with one attached hydrogen (secondary N) is 2. The second kappa shape index (κ2) is 8.08. The molecule has 0 bridgehead atoms. The lowest BCUT2D eigenvalue weighted by atomic mass is 9.95. The van der Waals surface area contributed by atoms with Crippen LogP contribution in [0, 0.1) is 0 Å². The second-order valence-corrected chi connectivity index (χ2v) is 9.18. The Bertz CT molecular complexity index is 1010. The lowest BCUT2D eigenvalue weighted by molar-refractivity contribution is 0.101. The highest BCUT2D eigenvalue weighted by atomic mass is 32.2. The van der Waals surface area contributed by atoms with Gasteiger partial charge >= 0.3 is 0 Å². The maximum Gasteiger partial charge on any atom is 0.259 e. The summed E-state index contributed by atoms with van der Waals surface area (Å²) in [6.45, 7) is 0.588. The van der Waals surface area contributed by atoms with E-state index in [4.69, 9.17) is 9.47 Å². The molecule has 0 atom stereocenters. The Morgan fingerprint density at radius 3 is 2.66 bits per heavy atom. The Balaban J connectivity index is 1.61. The monoisotopic (exact) mass is 419 g/mol. The molecule has 2 heterocycles. The Morgan fingerprint density at radius 2 is 1.90 bits per heavy atom. The average molecular weight is 420 g/mol. The number of hydrogen-bond donors (Lipinski definition) is 2. The van der Waals surface area contributed by atoms with E-state index in [2.05, 4.69) is 14.6 Å². The Hall–Kier alpha value is -2.52. The Labute approximate surface area is 170 Å². The molecular weight excluding hydrogens is 394 g/mol. The molecule has 9 heteroatoms. The number of aromatic nitrogens is 1. The van der Waals surface area contributed by atoms with Crippen LogP contribution in [0.5, 0.6) is 11.5 Å². The first-order valence-electron chi connectivity index (χ1n) is 9.84. The van der Waals surface area contributed by atoms with Gasteiger partial charge in [-0.15, -0.1) is 0 Å². The van der Waals surface area contributed by atoms with Gasteiger partial charge < -0.3 is 19.4 Å². The van der Waals surface area contributed by atoms with E-state index in [9.17, 15) is 13.2 Å². The van der Waals surface area contributed by atoms with Gasteiger partial charge in [0.1, 0.15) is 13.2 Å². The van der Waals surface area contributed by atoms with E-state index >= 15 is 0 Å². The molecule has 2 N–H and O–H groups in total. The van der Waals surface area contributed by atoms with Crippen molar-refractivity contribution in [2.75, 3.05) is 25.6 Å². The zero-order valence-corrected chi connectivity index (χ0v) is 17.1. The minimum Gasteiger partial charge on any atom is -0.486 e. The van der Waals surface area contributed by atoms with Gasteiger partial charge in [0.05, 0.1) is 16.1 Å². The summed E-state index contributed by atoms with van der Waals surface area (Å²) >= 11 is 0. The molecule has 0 unspecified atom stereocenters. The summed E-state index contributed by atoms with van der Waals surface area (Å²) in [4.78, 5) is 12.9. The first kappa shape index (κ1) is 19.8. The molecule has 156 valence electrons. The van der Waals surface area contributed by atoms with Crippen molar-refractivity contribution in [2.24, 2.45) is 0 Å². The van der Waals surface area contributed by atoms with E-state index in [-0.39, 0.29) is 22.0 Å². The van der Waals surface area contributed by atoms with Gasteiger partial charge in [0.2, 0.25) is 10.0 Å². The van der Waals surface area contributed by atoms with Crippen molar-refractivity contribution in [3.8, 4) is 11.5 Å². The average Bonchev–Trinajstić information content (AvgIpc) is 3.22. The molecule has 1 aromatic carbocycles. The molecule has 4 rings (SSSR count). The van der Waals surface area contributed by atoms with Crippen LogP contribution in [0.4, 0.5) is 5.69 Å². The predicted molar refractivity (Wildman–Crippen MR) is 108 cm³/mol. The molecule has 1 saturated carbocycles. The molecule has 0 spiro atoms. The van der Waals surface area contributed by atoms with E-state index in [1.54, 1.807) is 0 Å². The van der Waals surface area contributed by atoms with Crippen LogP contribution in [0.25, 0.3) is 0 Å². The molecule has 2 aliphatic rings. The minimum atomic E-state index is -3.74. The number of sulfonamides is 1. The van der Waals surface area contributed by atoms with Crippen LogP contribution in [-0.2, 0) is 10.0 Å². The number of hydrogen-bond acceptors (Lipinski definition) is 5. The lowest BCUT2D eigenvalue weighted by Crippen LogP contribution is -2.23. The van der Waals surface area contributed by atoms with Crippen molar-refractivity contribution in [3.05, 3.63) is 36.2 Å². The van der Waals surface area contributed by atoms with E-state index < -0.39 is 15.9 Å². The quantitative estimate of drug-likeness (QED) is 0.776. The van der Waals surface area contributed by atoms with Crippen LogP contribution in [0.15, 0.2) is 35.5 Å². The summed E-state index contributed by atoms with van der Waals surface area (Å²) in [6, 6.07) is 5.00. The highest BCUT2D eigenvalue weighted by molar-refractivity contribution is 7.89. The topological polar surface area (TPSA) is 98.7 Å². The fourth-order valence-electron chi connectivity index (χ4n) is 3.86. The van der Waals surface area contributed by atoms with E-state index in [1.165, 1.54) is 38.4 Å². The fraction of sp³-hybridized carbons (Fsp3) is 0.450. The van der Waals surface area contributed by atoms with Crippen molar-refractivity contribution < 1.29 is 22.7 Å². The Kier molecular flexibility index (Phi) is 5.51. The maximum absolute atomic E-state index is 13.0. The standard InChI is InChI=1S/C20H25N3O5S/c1-21-29(25,26)16-11-17(19-18(12-16)27-9-10-28-19)20(24)22-14-7-8-23(13-14)15-5-3-2-4-6-15/h7-8,11-13,15,21H,2-6,9-10H2,1H3,(H,22,24). The number of benzene rings is 1. The predicted octanol–water partition coefficient (Wildman–Crippen LogP) is 2.92. The van der Waals surface area contributed by atoms with E-state index in [0.717, 1.165) is 12.8 Å². The zero-order chi connectivity index (χ0) is 20.4. The largest absolute Gasteiger partial charge is 0.486 e. The molecule has 0 radical (unpaired) electrons. The van der Waals surface area contributed by atoms with Gasteiger partial charge in [-0.2, -0.15) is 0 Å². The van der Waals surface area contributed by atoms with Gasteiger partial charge in [-0.1, -0.05) is 19.3 Å². The molecule has 1 aliphatic carbocycles. The number of rotatable bonds is 5. The van der Waals surface area contributed by atoms with Crippen LogP contribution in [-0.4, -0.2) is 39.2 Å². The van der Waals surface area contributed by atoms with E-state index in [1.807, 2.05) is 18.5 Å². The molecule has 1 amide bonds. The number of carbonyl (C=O) groups excluding carboxylic acids is 1. The third-order valence-electron chi connectivity index (χ3n) is 5.41. The van der Waals surface area contributed by atoms with Crippen molar-refractivity contribution in [1.29, 1.82) is 0 Å². The summed E-state index contributed by atoms with van der Waals surface area (Å²) in [6.07, 6.45) is 9.91. The summed E-state index contributed by atoms with van der Waals surface area (Å²) < 4.78 is 40.1. The molecule has 1 aliphatic heterocycles. The zero-order valence-electron chi connectivity index (χ0n) is 16.3. The molecule has 1 fully saturated rings. The fourth-order valence-corrected chi connectivity index (χ4v) is 4.63. The van der Waals surface area contributed by atoms with Crippen LogP contribution in [0.2, 0.25) is 0 Å². The second-order valence-electron chi connectivity index (χ2n) is 7.30. The summed E-state index contributed by atoms with van der Waals surface area (Å²) in [5.41, 5.74) is 0.786. The highest BCUT2D eigenvalue weighted by Crippen LogP contribution is 2.37. The smallest absolute Gasteiger partial charge is 0.259 e. The molecular formula is C20H25N3O5S. The number of ether oxygens (including phenoxy) is 2. The summed E-state index contributed by atoms with van der Waals surface area (Å²) in [7, 11) is -2.42. The molecule has 29 heavy (non-hydrogen) atoms. The number of anilines is 1. The normalized spacial score (nSPS) is 17.1. The van der Waals surface area contributed by atoms with Crippen molar-refractivity contribution in [3.63, 3.8) is 0 Å². The number of amides is 1. The number of fused-ring (bicyclic) bond motifs is 1. The van der Waals surface area contributed by atoms with Gasteiger partial charge in [-0.3, -0.25) is 4.79 Å². The van der Waals surface area contributed by atoms with Crippen molar-refractivity contribution in [1.82, 2.24) is 9.29 Å². The SMILES string of the molecule is CNS(=O)(=O)c1cc2c(c(C(=O)Nc3ccn(C4CCCCC4)c3)c1)OCCO2. The van der Waals surface area contributed by atoms with E-state index in [0.29, 0.717) is 24.9 Å². The lowest BCUT2D eigenvalue weighted by Gasteiger charge is -2.23. The molecule has 0 saturated heterocycles. The number of nitrogens with zero attached hydrogens (tertiary/aromatic N) is 1. The van der Waals surface area contributed by atoms with Gasteiger partial charge in [0.25, 0.3) is 5.91 Å².